The number of ether oxygens (including phenoxy) is 3. The first-order valence-electron chi connectivity index (χ1n) is 15.0. The van der Waals surface area contributed by atoms with Crippen molar-refractivity contribution in [1.82, 2.24) is 9.80 Å². The normalized spacial score (nSPS) is 18.7. The molecule has 3 aromatic carbocycles. The largest absolute Gasteiger partial charge is 0.507 e. The Labute approximate surface area is 253 Å². The average Bonchev–Trinajstić information content (AvgIpc) is 3.29. The van der Waals surface area contributed by atoms with Crippen LogP contribution in [0.3, 0.4) is 0 Å². The number of carbonyl (C=O) groups is 2. The first kappa shape index (κ1) is 30.3. The number of aliphatic hydroxyl groups excluding tert-OH is 1. The van der Waals surface area contributed by atoms with Gasteiger partial charge in [-0.1, -0.05) is 43.3 Å². The highest BCUT2D eigenvalue weighted by atomic mass is 16.5. The van der Waals surface area contributed by atoms with Crippen LogP contribution in [0, 0.1) is 6.92 Å². The van der Waals surface area contributed by atoms with Gasteiger partial charge in [-0.2, -0.15) is 0 Å². The van der Waals surface area contributed by atoms with Crippen molar-refractivity contribution in [2.45, 2.75) is 39.3 Å². The van der Waals surface area contributed by atoms with Gasteiger partial charge < -0.3 is 24.2 Å². The topological polar surface area (TPSA) is 88.5 Å². The number of morpholine rings is 1. The average molecular weight is 585 g/mol. The third kappa shape index (κ3) is 7.27. The molecule has 1 unspecified atom stereocenters. The van der Waals surface area contributed by atoms with Gasteiger partial charge in [-0.25, -0.2) is 0 Å². The summed E-state index contributed by atoms with van der Waals surface area (Å²) in [4.78, 5) is 30.7. The third-order valence-electron chi connectivity index (χ3n) is 7.97. The van der Waals surface area contributed by atoms with Gasteiger partial charge in [-0.15, -0.1) is 0 Å². The molecule has 0 radical (unpaired) electrons. The van der Waals surface area contributed by atoms with Crippen LogP contribution in [0.15, 0.2) is 78.4 Å². The molecule has 2 fully saturated rings. The number of carbonyl (C=O) groups excluding carboxylic acids is 2. The van der Waals surface area contributed by atoms with Gasteiger partial charge >= 0.3 is 0 Å². The van der Waals surface area contributed by atoms with Crippen molar-refractivity contribution in [3.8, 4) is 11.5 Å². The molecule has 8 nitrogen and oxygen atoms in total. The second-order valence-corrected chi connectivity index (χ2v) is 11.0. The van der Waals surface area contributed by atoms with Crippen molar-refractivity contribution in [2.24, 2.45) is 0 Å². The maximum Gasteiger partial charge on any atom is 0.295 e. The van der Waals surface area contributed by atoms with E-state index in [0.717, 1.165) is 48.5 Å². The Morgan fingerprint density at radius 3 is 2.28 bits per heavy atom. The van der Waals surface area contributed by atoms with Gasteiger partial charge in [-0.3, -0.25) is 14.5 Å². The second-order valence-electron chi connectivity index (χ2n) is 11.0. The molecular formula is C35H40N2O6. The molecule has 0 saturated carbocycles. The van der Waals surface area contributed by atoms with Gasteiger partial charge in [0, 0.05) is 31.7 Å². The van der Waals surface area contributed by atoms with Crippen molar-refractivity contribution in [1.29, 1.82) is 0 Å². The van der Waals surface area contributed by atoms with Crippen LogP contribution in [0.2, 0.25) is 0 Å². The number of hydrogen-bond donors (Lipinski definition) is 1. The first-order chi connectivity index (χ1) is 21.0. The lowest BCUT2D eigenvalue weighted by Gasteiger charge is -2.29. The fourth-order valence-electron chi connectivity index (χ4n) is 5.51. The van der Waals surface area contributed by atoms with E-state index in [1.54, 1.807) is 29.2 Å². The smallest absolute Gasteiger partial charge is 0.295 e. The number of Topliss-reactive ketones (excluding diaryl/α,β-unsaturated/α-hetero) is 1. The van der Waals surface area contributed by atoms with Crippen molar-refractivity contribution in [3.63, 3.8) is 0 Å². The maximum absolute atomic E-state index is 13.5. The van der Waals surface area contributed by atoms with Gasteiger partial charge in [0.25, 0.3) is 11.7 Å². The summed E-state index contributed by atoms with van der Waals surface area (Å²) in [6.45, 7) is 9.41. The molecule has 0 bridgehead atoms. The van der Waals surface area contributed by atoms with E-state index in [2.05, 4.69) is 4.90 Å². The Bertz CT molecular complexity index is 1430. The summed E-state index contributed by atoms with van der Waals surface area (Å²) in [6, 6.07) is 21.7. The van der Waals surface area contributed by atoms with Crippen LogP contribution >= 0.6 is 0 Å². The van der Waals surface area contributed by atoms with Crippen LogP contribution in [0.1, 0.15) is 48.1 Å². The van der Waals surface area contributed by atoms with Gasteiger partial charge in [0.1, 0.15) is 23.9 Å². The number of rotatable bonds is 12. The zero-order valence-electron chi connectivity index (χ0n) is 25.0. The summed E-state index contributed by atoms with van der Waals surface area (Å²) < 4.78 is 17.2. The SMILES string of the molecule is CCCOc1ccc(C2/C(=C(\O)c3ccc(OCc4ccccc4C)cc3)C(=O)C(=O)N2CCCN2CCOCC2)cc1. The monoisotopic (exact) mass is 584 g/mol. The van der Waals surface area contributed by atoms with Crippen LogP contribution in [-0.4, -0.2) is 72.6 Å². The Kier molecular flexibility index (Phi) is 10.1. The molecular weight excluding hydrogens is 544 g/mol. The number of benzene rings is 3. The van der Waals surface area contributed by atoms with Crippen molar-refractivity contribution < 1.29 is 28.9 Å². The molecule has 0 aromatic heterocycles. The lowest BCUT2D eigenvalue weighted by atomic mass is 9.95. The maximum atomic E-state index is 13.5. The summed E-state index contributed by atoms with van der Waals surface area (Å²) in [7, 11) is 0. The minimum atomic E-state index is -0.707. The molecule has 8 heteroatoms. The lowest BCUT2D eigenvalue weighted by Crippen LogP contribution is -2.38. The summed E-state index contributed by atoms with van der Waals surface area (Å²) >= 11 is 0. The molecule has 1 N–H and O–H groups in total. The second kappa shape index (κ2) is 14.4. The molecule has 0 spiro atoms. The number of aliphatic hydroxyl groups is 1. The molecule has 0 aliphatic carbocycles. The van der Waals surface area contributed by atoms with Gasteiger partial charge in [-0.05, 0) is 72.9 Å². The van der Waals surface area contributed by atoms with Crippen molar-refractivity contribution in [3.05, 3.63) is 101 Å². The van der Waals surface area contributed by atoms with Crippen LogP contribution in [0.5, 0.6) is 11.5 Å². The molecule has 1 atom stereocenters. The molecule has 2 heterocycles. The fourth-order valence-corrected chi connectivity index (χ4v) is 5.51. The first-order valence-corrected chi connectivity index (χ1v) is 15.0. The van der Waals surface area contributed by atoms with Crippen LogP contribution < -0.4 is 9.47 Å². The number of ketones is 1. The standard InChI is InChI=1S/C35H40N2O6/c1-3-21-42-29-13-9-26(10-14-29)32-31(34(39)35(40)37(32)18-6-17-36-19-22-41-23-20-36)33(38)27-11-15-30(16-12-27)43-24-28-8-5-4-7-25(28)2/h4-5,7-16,32,38H,3,6,17-24H2,1-2H3/b33-31+. The fraction of sp³-hybridized carbons (Fsp3) is 0.371. The van der Waals surface area contributed by atoms with E-state index < -0.39 is 17.7 Å². The zero-order valence-corrected chi connectivity index (χ0v) is 25.0. The van der Waals surface area contributed by atoms with Gasteiger partial charge in [0.2, 0.25) is 0 Å². The highest BCUT2D eigenvalue weighted by molar-refractivity contribution is 6.46. The number of likely N-dealkylation sites (tertiary alicyclic amines) is 1. The molecule has 3 aromatic rings. The van der Waals surface area contributed by atoms with Crippen LogP contribution in [-0.2, 0) is 20.9 Å². The van der Waals surface area contributed by atoms with E-state index in [9.17, 15) is 14.7 Å². The quantitative estimate of drug-likeness (QED) is 0.171. The molecule has 226 valence electrons. The zero-order chi connectivity index (χ0) is 30.2. The number of aryl methyl sites for hydroxylation is 1. The predicted octanol–water partition coefficient (Wildman–Crippen LogP) is 5.51. The van der Waals surface area contributed by atoms with E-state index >= 15 is 0 Å². The summed E-state index contributed by atoms with van der Waals surface area (Å²) in [5.41, 5.74) is 3.52. The van der Waals surface area contributed by atoms with Gasteiger partial charge in [0.15, 0.2) is 0 Å². The van der Waals surface area contributed by atoms with E-state index in [-0.39, 0.29) is 11.3 Å². The Morgan fingerprint density at radius 1 is 0.907 bits per heavy atom. The minimum absolute atomic E-state index is 0.0900. The molecule has 2 aliphatic rings. The highest BCUT2D eigenvalue weighted by Gasteiger charge is 2.45. The number of nitrogens with zero attached hydrogens (tertiary/aromatic N) is 2. The minimum Gasteiger partial charge on any atom is -0.507 e. The van der Waals surface area contributed by atoms with E-state index in [1.807, 2.05) is 62.4 Å². The molecule has 2 saturated heterocycles. The lowest BCUT2D eigenvalue weighted by molar-refractivity contribution is -0.140. The summed E-state index contributed by atoms with van der Waals surface area (Å²) in [5, 5.41) is 11.5. The van der Waals surface area contributed by atoms with E-state index in [1.165, 1.54) is 0 Å². The predicted molar refractivity (Wildman–Crippen MR) is 165 cm³/mol. The Hall–Kier alpha value is -4.14. The van der Waals surface area contributed by atoms with Crippen LogP contribution in [0.4, 0.5) is 0 Å². The third-order valence-corrected chi connectivity index (χ3v) is 7.97. The van der Waals surface area contributed by atoms with E-state index in [4.69, 9.17) is 14.2 Å². The Morgan fingerprint density at radius 2 is 1.58 bits per heavy atom. The molecule has 1 amide bonds. The molecule has 43 heavy (non-hydrogen) atoms. The Balaban J connectivity index is 1.39. The van der Waals surface area contributed by atoms with Gasteiger partial charge in [0.05, 0.1) is 31.4 Å². The summed E-state index contributed by atoms with van der Waals surface area (Å²) in [6.07, 6.45) is 1.59. The number of amides is 1. The summed E-state index contributed by atoms with van der Waals surface area (Å²) in [5.74, 6) is -0.118. The van der Waals surface area contributed by atoms with E-state index in [0.29, 0.717) is 50.7 Å². The van der Waals surface area contributed by atoms with Crippen LogP contribution in [0.25, 0.3) is 5.76 Å². The molecule has 5 rings (SSSR count). The number of hydrogen-bond acceptors (Lipinski definition) is 7. The van der Waals surface area contributed by atoms with Crippen molar-refractivity contribution in [2.75, 3.05) is 46.0 Å². The van der Waals surface area contributed by atoms with Crippen molar-refractivity contribution >= 4 is 17.4 Å². The highest BCUT2D eigenvalue weighted by Crippen LogP contribution is 2.40. The molecule has 2 aliphatic heterocycles.